The highest BCUT2D eigenvalue weighted by atomic mass is 32.2. The Morgan fingerprint density at radius 2 is 2.00 bits per heavy atom. The average molecular weight is 385 g/mol. The van der Waals surface area contributed by atoms with Crippen LogP contribution >= 0.6 is 0 Å². The number of esters is 1. The van der Waals surface area contributed by atoms with Crippen LogP contribution < -0.4 is 0 Å². The van der Waals surface area contributed by atoms with Gasteiger partial charge in [-0.2, -0.15) is 9.29 Å². The van der Waals surface area contributed by atoms with Crippen LogP contribution in [-0.4, -0.2) is 41.9 Å². The lowest BCUT2D eigenvalue weighted by molar-refractivity contribution is 0.0260. The van der Waals surface area contributed by atoms with E-state index >= 15 is 0 Å². The van der Waals surface area contributed by atoms with Crippen molar-refractivity contribution < 1.29 is 26.9 Å². The molecule has 8 nitrogen and oxygen atoms in total. The Labute approximate surface area is 151 Å². The number of halogens is 1. The van der Waals surface area contributed by atoms with Gasteiger partial charge in [0.1, 0.15) is 5.82 Å². The summed E-state index contributed by atoms with van der Waals surface area (Å²) in [6.07, 6.45) is -0.911. The SMILES string of the molecule is CCN(CC)S(=O)(=O)c1ccc(F)c(C(=O)OC(C)c2nc(C)no2)c1. The summed E-state index contributed by atoms with van der Waals surface area (Å²) >= 11 is 0. The minimum absolute atomic E-state index is 0.0585. The highest BCUT2D eigenvalue weighted by molar-refractivity contribution is 7.89. The Morgan fingerprint density at radius 3 is 2.54 bits per heavy atom. The summed E-state index contributed by atoms with van der Waals surface area (Å²) < 4.78 is 50.4. The molecule has 1 unspecified atom stereocenters. The number of aromatic nitrogens is 2. The van der Waals surface area contributed by atoms with Crippen molar-refractivity contribution >= 4 is 16.0 Å². The summed E-state index contributed by atoms with van der Waals surface area (Å²) in [6.45, 7) is 6.97. The molecular weight excluding hydrogens is 365 g/mol. The van der Waals surface area contributed by atoms with Gasteiger partial charge in [-0.15, -0.1) is 0 Å². The molecule has 0 aliphatic heterocycles. The largest absolute Gasteiger partial charge is 0.449 e. The molecule has 0 radical (unpaired) electrons. The van der Waals surface area contributed by atoms with Crippen LogP contribution in [0.15, 0.2) is 27.6 Å². The molecule has 0 N–H and O–H groups in total. The van der Waals surface area contributed by atoms with E-state index in [2.05, 4.69) is 10.1 Å². The number of aryl methyl sites for hydroxylation is 1. The average Bonchev–Trinajstić information content (AvgIpc) is 3.02. The number of hydrogen-bond acceptors (Lipinski definition) is 7. The van der Waals surface area contributed by atoms with Gasteiger partial charge in [-0.25, -0.2) is 17.6 Å². The van der Waals surface area contributed by atoms with Crippen molar-refractivity contribution in [1.82, 2.24) is 14.4 Å². The van der Waals surface area contributed by atoms with E-state index < -0.39 is 33.5 Å². The minimum atomic E-state index is -3.83. The molecule has 142 valence electrons. The van der Waals surface area contributed by atoms with E-state index in [9.17, 15) is 17.6 Å². The molecule has 2 rings (SSSR count). The highest BCUT2D eigenvalue weighted by Gasteiger charge is 2.26. The molecule has 0 amide bonds. The number of sulfonamides is 1. The molecule has 0 saturated carbocycles. The van der Waals surface area contributed by atoms with Gasteiger partial charge in [0.05, 0.1) is 10.5 Å². The maximum Gasteiger partial charge on any atom is 0.341 e. The molecule has 0 aliphatic carbocycles. The fourth-order valence-corrected chi connectivity index (χ4v) is 3.77. The van der Waals surface area contributed by atoms with E-state index in [1.807, 2.05) is 0 Å². The molecule has 0 fully saturated rings. The van der Waals surface area contributed by atoms with Crippen molar-refractivity contribution in [2.45, 2.75) is 38.7 Å². The van der Waals surface area contributed by atoms with Crippen LogP contribution in [0.4, 0.5) is 4.39 Å². The predicted octanol–water partition coefficient (Wildman–Crippen LogP) is 2.47. The zero-order chi connectivity index (χ0) is 19.5. The number of benzene rings is 1. The topological polar surface area (TPSA) is 103 Å². The molecule has 0 saturated heterocycles. The van der Waals surface area contributed by atoms with Gasteiger partial charge >= 0.3 is 5.97 Å². The lowest BCUT2D eigenvalue weighted by atomic mass is 10.2. The van der Waals surface area contributed by atoms with E-state index in [0.29, 0.717) is 5.82 Å². The Hall–Kier alpha value is -2.33. The van der Waals surface area contributed by atoms with Gasteiger partial charge in [0, 0.05) is 13.1 Å². The van der Waals surface area contributed by atoms with Crippen LogP contribution in [0.3, 0.4) is 0 Å². The van der Waals surface area contributed by atoms with Gasteiger partial charge in [0.25, 0.3) is 5.89 Å². The van der Waals surface area contributed by atoms with E-state index in [0.717, 1.165) is 18.2 Å². The van der Waals surface area contributed by atoms with Crippen LogP contribution in [0.1, 0.15) is 48.9 Å². The first-order valence-electron chi connectivity index (χ1n) is 8.01. The predicted molar refractivity (Wildman–Crippen MR) is 89.4 cm³/mol. The molecule has 26 heavy (non-hydrogen) atoms. The standard InChI is InChI=1S/C16H20FN3O5S/c1-5-20(6-2)26(22,23)12-7-8-14(17)13(9-12)16(21)24-10(3)15-18-11(4)19-25-15/h7-10H,5-6H2,1-4H3. The second-order valence-corrected chi connectivity index (χ2v) is 7.40. The van der Waals surface area contributed by atoms with Crippen molar-refractivity contribution in [2.24, 2.45) is 0 Å². The first-order chi connectivity index (χ1) is 12.2. The molecule has 1 aromatic heterocycles. The summed E-state index contributed by atoms with van der Waals surface area (Å²) in [7, 11) is -3.83. The summed E-state index contributed by atoms with van der Waals surface area (Å²) in [5.74, 6) is -1.49. The van der Waals surface area contributed by atoms with Gasteiger partial charge in [0.2, 0.25) is 10.0 Å². The van der Waals surface area contributed by atoms with Gasteiger partial charge in [-0.05, 0) is 32.0 Å². The van der Waals surface area contributed by atoms with Gasteiger partial charge in [0.15, 0.2) is 11.9 Å². The zero-order valence-corrected chi connectivity index (χ0v) is 15.7. The minimum Gasteiger partial charge on any atom is -0.449 e. The van der Waals surface area contributed by atoms with Crippen molar-refractivity contribution in [3.63, 3.8) is 0 Å². The van der Waals surface area contributed by atoms with Crippen LogP contribution in [-0.2, 0) is 14.8 Å². The fourth-order valence-electron chi connectivity index (χ4n) is 2.29. The van der Waals surface area contributed by atoms with Crippen LogP contribution in [0.2, 0.25) is 0 Å². The Morgan fingerprint density at radius 1 is 1.35 bits per heavy atom. The van der Waals surface area contributed by atoms with Gasteiger partial charge in [-0.1, -0.05) is 19.0 Å². The van der Waals surface area contributed by atoms with Crippen molar-refractivity contribution in [2.75, 3.05) is 13.1 Å². The summed E-state index contributed by atoms with van der Waals surface area (Å²) in [6, 6.07) is 3.01. The molecule has 0 bridgehead atoms. The monoisotopic (exact) mass is 385 g/mol. The Bertz CT molecular complexity index is 893. The lowest BCUT2D eigenvalue weighted by Crippen LogP contribution is -2.30. The molecule has 0 spiro atoms. The first kappa shape index (κ1) is 20.0. The van der Waals surface area contributed by atoms with Gasteiger partial charge < -0.3 is 9.26 Å². The maximum atomic E-state index is 14.1. The lowest BCUT2D eigenvalue weighted by Gasteiger charge is -2.19. The third-order valence-corrected chi connectivity index (χ3v) is 5.72. The van der Waals surface area contributed by atoms with E-state index in [-0.39, 0.29) is 23.9 Å². The maximum absolute atomic E-state index is 14.1. The Kier molecular flexibility index (Phi) is 6.09. The molecule has 0 aliphatic rings. The van der Waals surface area contributed by atoms with Gasteiger partial charge in [-0.3, -0.25) is 0 Å². The second kappa shape index (κ2) is 7.92. The second-order valence-electron chi connectivity index (χ2n) is 5.46. The summed E-state index contributed by atoms with van der Waals surface area (Å²) in [5.41, 5.74) is -0.485. The first-order valence-corrected chi connectivity index (χ1v) is 9.45. The molecule has 10 heteroatoms. The Balaban J connectivity index is 2.30. The van der Waals surface area contributed by atoms with Crippen LogP contribution in [0, 0.1) is 12.7 Å². The third-order valence-electron chi connectivity index (χ3n) is 3.68. The van der Waals surface area contributed by atoms with Crippen molar-refractivity contribution in [1.29, 1.82) is 0 Å². The van der Waals surface area contributed by atoms with E-state index in [1.165, 1.54) is 11.2 Å². The summed E-state index contributed by atoms with van der Waals surface area (Å²) in [4.78, 5) is 16.0. The molecule has 1 atom stereocenters. The van der Waals surface area contributed by atoms with E-state index in [4.69, 9.17) is 9.26 Å². The summed E-state index contributed by atoms with van der Waals surface area (Å²) in [5, 5.41) is 3.58. The molecule has 1 aromatic carbocycles. The fraction of sp³-hybridized carbons (Fsp3) is 0.438. The molecule has 1 heterocycles. The zero-order valence-electron chi connectivity index (χ0n) is 14.9. The van der Waals surface area contributed by atoms with Crippen LogP contribution in [0.5, 0.6) is 0 Å². The van der Waals surface area contributed by atoms with Crippen molar-refractivity contribution in [3.05, 3.63) is 41.3 Å². The van der Waals surface area contributed by atoms with Crippen molar-refractivity contribution in [3.8, 4) is 0 Å². The number of nitrogens with zero attached hydrogens (tertiary/aromatic N) is 3. The number of hydrogen-bond donors (Lipinski definition) is 0. The quantitative estimate of drug-likeness (QED) is 0.675. The molecule has 2 aromatic rings. The highest BCUT2D eigenvalue weighted by Crippen LogP contribution is 2.22. The number of ether oxygens (including phenoxy) is 1. The normalized spacial score (nSPS) is 13.0. The molecular formula is C16H20FN3O5S. The number of carbonyl (C=O) groups is 1. The number of carbonyl (C=O) groups excluding carboxylic acids is 1. The van der Waals surface area contributed by atoms with E-state index in [1.54, 1.807) is 20.8 Å². The number of rotatable bonds is 7. The smallest absolute Gasteiger partial charge is 0.341 e. The van der Waals surface area contributed by atoms with Crippen LogP contribution in [0.25, 0.3) is 0 Å². The third kappa shape index (κ3) is 4.07.